The molecule has 0 amide bonds. The molecule has 0 saturated heterocycles. The maximum atomic E-state index is 12.6. The first-order chi connectivity index (χ1) is 13.8. The normalized spacial score (nSPS) is 38.8. The molecule has 164 valence electrons. The molecule has 5 N–H and O–H groups in total. The van der Waals surface area contributed by atoms with Crippen molar-refractivity contribution < 1.29 is 35.1 Å². The van der Waals surface area contributed by atoms with Crippen LogP contribution in [0.15, 0.2) is 23.8 Å². The van der Waals surface area contributed by atoms with Crippen molar-refractivity contribution in [2.75, 3.05) is 6.61 Å². The predicted octanol–water partition coefficient (Wildman–Crippen LogP) is 2.03. The summed E-state index contributed by atoms with van der Waals surface area (Å²) in [4.78, 5) is 12.6. The summed E-state index contributed by atoms with van der Waals surface area (Å²) >= 11 is 0. The number of carbonyl (C=O) groups is 1. The number of aliphatic hydroxyl groups excluding tert-OH is 2. The third-order valence-corrected chi connectivity index (χ3v) is 7.84. The standard InChI is InChI=1S/C23H30O7/c1-11-5-14(24)7-15(25)17(11)20(28)30-10-13-6-12-8-21(2,3)19(27)18(12)22(4)9-16(26)23(13,22)29/h5-7,12,16,18-19,24-27,29H,8-10H2,1-4H3/t12-,16-,18?,19-,22-,23+/m1/s1. The summed E-state index contributed by atoms with van der Waals surface area (Å²) in [5, 5.41) is 52.5. The topological polar surface area (TPSA) is 127 Å². The Labute approximate surface area is 175 Å². The zero-order valence-corrected chi connectivity index (χ0v) is 17.7. The molecule has 0 aliphatic heterocycles. The number of hydrogen-bond acceptors (Lipinski definition) is 7. The number of benzene rings is 1. The fraction of sp³-hybridized carbons (Fsp3) is 0.609. The molecule has 0 bridgehead atoms. The van der Waals surface area contributed by atoms with Crippen LogP contribution in [0.5, 0.6) is 11.5 Å². The SMILES string of the molecule is Cc1cc(O)cc(O)c1C(=O)OCC1=C[C@@H]2CC(C)(C)[C@H](O)C2[C@@]2(C)C[C@@H](O)[C@@]12O. The van der Waals surface area contributed by atoms with Crippen molar-refractivity contribution in [1.29, 1.82) is 0 Å². The molecule has 0 aromatic heterocycles. The van der Waals surface area contributed by atoms with E-state index in [1.165, 1.54) is 6.07 Å². The minimum absolute atomic E-state index is 0.00490. The van der Waals surface area contributed by atoms with Crippen LogP contribution in [0.4, 0.5) is 0 Å². The summed E-state index contributed by atoms with van der Waals surface area (Å²) in [5.41, 5.74) is -1.89. The quantitative estimate of drug-likeness (QED) is 0.375. The van der Waals surface area contributed by atoms with Gasteiger partial charge in [-0.1, -0.05) is 26.8 Å². The summed E-state index contributed by atoms with van der Waals surface area (Å²) in [5.74, 6) is -1.51. The lowest BCUT2D eigenvalue weighted by molar-refractivity contribution is -0.261. The Kier molecular flexibility index (Phi) is 4.55. The summed E-state index contributed by atoms with van der Waals surface area (Å²) < 4.78 is 5.43. The van der Waals surface area contributed by atoms with Gasteiger partial charge in [-0.15, -0.1) is 0 Å². The number of aryl methyl sites for hydroxylation is 1. The maximum absolute atomic E-state index is 12.6. The third kappa shape index (κ3) is 2.65. The van der Waals surface area contributed by atoms with Crippen LogP contribution in [0.25, 0.3) is 0 Å². The summed E-state index contributed by atoms with van der Waals surface area (Å²) in [6, 6.07) is 2.42. The van der Waals surface area contributed by atoms with Gasteiger partial charge in [-0.05, 0) is 48.3 Å². The second-order valence-electron chi connectivity index (χ2n) is 10.2. The smallest absolute Gasteiger partial charge is 0.342 e. The molecule has 7 heteroatoms. The Bertz CT molecular complexity index is 912. The van der Waals surface area contributed by atoms with Crippen molar-refractivity contribution in [3.8, 4) is 11.5 Å². The van der Waals surface area contributed by atoms with Crippen molar-refractivity contribution in [2.45, 2.75) is 58.3 Å². The van der Waals surface area contributed by atoms with Crippen molar-refractivity contribution in [3.63, 3.8) is 0 Å². The van der Waals surface area contributed by atoms with E-state index >= 15 is 0 Å². The van der Waals surface area contributed by atoms with E-state index in [4.69, 9.17) is 4.74 Å². The fourth-order valence-electron chi connectivity index (χ4n) is 6.26. The van der Waals surface area contributed by atoms with Gasteiger partial charge < -0.3 is 30.3 Å². The van der Waals surface area contributed by atoms with Gasteiger partial charge in [0.05, 0.1) is 12.2 Å². The number of rotatable bonds is 3. The molecule has 1 aromatic carbocycles. The summed E-state index contributed by atoms with van der Waals surface area (Å²) in [6.07, 6.45) is 1.33. The molecule has 0 heterocycles. The number of esters is 1. The molecule has 0 spiro atoms. The van der Waals surface area contributed by atoms with Gasteiger partial charge in [-0.25, -0.2) is 4.79 Å². The molecule has 7 nitrogen and oxygen atoms in total. The average Bonchev–Trinajstić information content (AvgIpc) is 2.85. The van der Waals surface area contributed by atoms with Crippen LogP contribution in [0.1, 0.15) is 49.5 Å². The first-order valence-corrected chi connectivity index (χ1v) is 10.3. The highest BCUT2D eigenvalue weighted by atomic mass is 16.5. The second kappa shape index (κ2) is 6.45. The molecule has 30 heavy (non-hydrogen) atoms. The van der Waals surface area contributed by atoms with Gasteiger partial charge in [0.2, 0.25) is 0 Å². The first-order valence-electron chi connectivity index (χ1n) is 10.3. The average molecular weight is 418 g/mol. The molecule has 6 atom stereocenters. The highest BCUT2D eigenvalue weighted by molar-refractivity contribution is 5.94. The number of fused-ring (bicyclic) bond motifs is 3. The molecular formula is C23H30O7. The Balaban J connectivity index is 1.63. The third-order valence-electron chi connectivity index (χ3n) is 7.84. The second-order valence-corrected chi connectivity index (χ2v) is 10.2. The van der Waals surface area contributed by atoms with E-state index in [0.717, 1.165) is 12.5 Å². The Morgan fingerprint density at radius 1 is 1.17 bits per heavy atom. The summed E-state index contributed by atoms with van der Waals surface area (Å²) in [7, 11) is 0. The minimum atomic E-state index is -1.58. The van der Waals surface area contributed by atoms with E-state index in [0.29, 0.717) is 17.6 Å². The lowest BCUT2D eigenvalue weighted by Gasteiger charge is -2.65. The number of aromatic hydroxyl groups is 2. The van der Waals surface area contributed by atoms with E-state index in [2.05, 4.69) is 0 Å². The molecule has 4 rings (SSSR count). The van der Waals surface area contributed by atoms with Gasteiger partial charge in [0, 0.05) is 17.4 Å². The minimum Gasteiger partial charge on any atom is -0.508 e. The predicted molar refractivity (Wildman–Crippen MR) is 108 cm³/mol. The van der Waals surface area contributed by atoms with Crippen LogP contribution in [0, 0.1) is 29.6 Å². The van der Waals surface area contributed by atoms with Crippen molar-refractivity contribution >= 4 is 5.97 Å². The number of allylic oxidation sites excluding steroid dienone is 1. The van der Waals surface area contributed by atoms with Crippen molar-refractivity contribution in [1.82, 2.24) is 0 Å². The highest BCUT2D eigenvalue weighted by Crippen LogP contribution is 2.68. The van der Waals surface area contributed by atoms with Crippen LogP contribution in [-0.4, -0.2) is 55.9 Å². The van der Waals surface area contributed by atoms with Gasteiger partial charge in [0.25, 0.3) is 0 Å². The van der Waals surface area contributed by atoms with E-state index < -0.39 is 29.2 Å². The molecule has 2 saturated carbocycles. The highest BCUT2D eigenvalue weighted by Gasteiger charge is 2.73. The number of carbonyl (C=O) groups excluding carboxylic acids is 1. The molecule has 3 aliphatic carbocycles. The monoisotopic (exact) mass is 418 g/mol. The number of phenolic OH excluding ortho intramolecular Hbond substituents is 2. The van der Waals surface area contributed by atoms with Crippen LogP contribution < -0.4 is 0 Å². The molecule has 0 radical (unpaired) electrons. The number of phenols is 2. The van der Waals surface area contributed by atoms with Crippen molar-refractivity contribution in [2.24, 2.45) is 22.7 Å². The zero-order chi connectivity index (χ0) is 22.2. The number of aliphatic hydroxyl groups is 3. The fourth-order valence-corrected chi connectivity index (χ4v) is 6.26. The summed E-state index contributed by atoms with van der Waals surface area (Å²) in [6.45, 7) is 7.21. The molecule has 3 aliphatic rings. The van der Waals surface area contributed by atoms with Crippen LogP contribution in [-0.2, 0) is 4.74 Å². The first kappa shape index (κ1) is 21.2. The van der Waals surface area contributed by atoms with Gasteiger partial charge in [-0.2, -0.15) is 0 Å². The van der Waals surface area contributed by atoms with E-state index in [1.54, 1.807) is 6.92 Å². The Hall–Kier alpha value is -2.09. The van der Waals surface area contributed by atoms with Crippen molar-refractivity contribution in [3.05, 3.63) is 34.9 Å². The Morgan fingerprint density at radius 3 is 2.43 bits per heavy atom. The largest absolute Gasteiger partial charge is 0.508 e. The van der Waals surface area contributed by atoms with Crippen LogP contribution in [0.2, 0.25) is 0 Å². The lowest BCUT2D eigenvalue weighted by Crippen LogP contribution is -2.73. The molecule has 1 aromatic rings. The Morgan fingerprint density at radius 2 is 1.83 bits per heavy atom. The van der Waals surface area contributed by atoms with Crippen LogP contribution >= 0.6 is 0 Å². The maximum Gasteiger partial charge on any atom is 0.342 e. The van der Waals surface area contributed by atoms with E-state index in [9.17, 15) is 30.3 Å². The molecule has 2 fully saturated rings. The number of hydrogen-bond donors (Lipinski definition) is 5. The van der Waals surface area contributed by atoms with E-state index in [1.807, 2.05) is 26.8 Å². The van der Waals surface area contributed by atoms with Crippen LogP contribution in [0.3, 0.4) is 0 Å². The van der Waals surface area contributed by atoms with Gasteiger partial charge in [0.1, 0.15) is 29.3 Å². The molecular weight excluding hydrogens is 388 g/mol. The van der Waals surface area contributed by atoms with Gasteiger partial charge in [-0.3, -0.25) is 0 Å². The zero-order valence-electron chi connectivity index (χ0n) is 17.7. The molecule has 1 unspecified atom stereocenters. The van der Waals surface area contributed by atoms with Gasteiger partial charge in [0.15, 0.2) is 0 Å². The van der Waals surface area contributed by atoms with E-state index in [-0.39, 0.29) is 40.9 Å². The lowest BCUT2D eigenvalue weighted by atomic mass is 9.44. The number of ether oxygens (including phenoxy) is 1. The van der Waals surface area contributed by atoms with Gasteiger partial charge >= 0.3 is 5.97 Å².